The molecular formula is C15H31N3. The van der Waals surface area contributed by atoms with E-state index in [1.54, 1.807) is 0 Å². The van der Waals surface area contributed by atoms with Gasteiger partial charge in [-0.2, -0.15) is 0 Å². The van der Waals surface area contributed by atoms with Gasteiger partial charge in [0.1, 0.15) is 0 Å². The molecule has 106 valence electrons. The minimum Gasteiger partial charge on any atom is -0.315 e. The van der Waals surface area contributed by atoms with Crippen LogP contribution < -0.4 is 5.32 Å². The lowest BCUT2D eigenvalue weighted by molar-refractivity contribution is 0.200. The smallest absolute Gasteiger partial charge is 0.0229 e. The largest absolute Gasteiger partial charge is 0.315 e. The highest BCUT2D eigenvalue weighted by molar-refractivity contribution is 4.86. The van der Waals surface area contributed by atoms with Gasteiger partial charge in [-0.05, 0) is 52.9 Å². The Hall–Kier alpha value is -0.120. The summed E-state index contributed by atoms with van der Waals surface area (Å²) in [5, 5.41) is 3.59. The van der Waals surface area contributed by atoms with Crippen molar-refractivity contribution in [2.75, 3.05) is 40.8 Å². The number of likely N-dealkylation sites (tertiary alicyclic amines) is 1. The normalized spacial score (nSPS) is 29.0. The van der Waals surface area contributed by atoms with Gasteiger partial charge in [-0.1, -0.05) is 19.3 Å². The molecule has 0 aromatic carbocycles. The molecule has 1 aliphatic heterocycles. The van der Waals surface area contributed by atoms with E-state index in [-0.39, 0.29) is 0 Å². The highest BCUT2D eigenvalue weighted by Gasteiger charge is 2.29. The topological polar surface area (TPSA) is 18.5 Å². The van der Waals surface area contributed by atoms with Gasteiger partial charge in [0.2, 0.25) is 0 Å². The standard InChI is InChI=1S/C15H31N3/c1-16-15(13-7-5-4-6-8-13)12-18-10-9-14(11-18)17(2)3/h13-16H,4-12H2,1-3H3. The van der Waals surface area contributed by atoms with Gasteiger partial charge < -0.3 is 15.1 Å². The van der Waals surface area contributed by atoms with Crippen molar-refractivity contribution in [3.05, 3.63) is 0 Å². The van der Waals surface area contributed by atoms with Crippen LogP contribution in [-0.2, 0) is 0 Å². The van der Waals surface area contributed by atoms with Crippen molar-refractivity contribution >= 4 is 0 Å². The van der Waals surface area contributed by atoms with Crippen LogP contribution in [0.4, 0.5) is 0 Å². The summed E-state index contributed by atoms with van der Waals surface area (Å²) < 4.78 is 0. The molecule has 18 heavy (non-hydrogen) atoms. The molecular weight excluding hydrogens is 222 g/mol. The second-order valence-corrected chi connectivity index (χ2v) is 6.46. The van der Waals surface area contributed by atoms with Crippen molar-refractivity contribution in [1.29, 1.82) is 0 Å². The molecule has 2 atom stereocenters. The van der Waals surface area contributed by atoms with Gasteiger partial charge in [0, 0.05) is 25.2 Å². The number of rotatable bonds is 5. The third-order valence-electron chi connectivity index (χ3n) is 5.02. The van der Waals surface area contributed by atoms with Crippen molar-refractivity contribution in [3.8, 4) is 0 Å². The molecule has 0 radical (unpaired) electrons. The number of nitrogens with one attached hydrogen (secondary N) is 1. The number of hydrogen-bond acceptors (Lipinski definition) is 3. The van der Waals surface area contributed by atoms with Crippen molar-refractivity contribution < 1.29 is 0 Å². The number of likely N-dealkylation sites (N-methyl/N-ethyl adjacent to an activating group) is 2. The predicted octanol–water partition coefficient (Wildman–Crippen LogP) is 1.79. The van der Waals surface area contributed by atoms with E-state index in [1.165, 1.54) is 58.2 Å². The van der Waals surface area contributed by atoms with E-state index < -0.39 is 0 Å². The Morgan fingerprint density at radius 3 is 2.44 bits per heavy atom. The van der Waals surface area contributed by atoms with Crippen molar-refractivity contribution in [2.24, 2.45) is 5.92 Å². The number of hydrogen-bond donors (Lipinski definition) is 1. The Bertz CT molecular complexity index is 236. The summed E-state index contributed by atoms with van der Waals surface area (Å²) in [6, 6.07) is 1.49. The fourth-order valence-electron chi connectivity index (χ4n) is 3.69. The SMILES string of the molecule is CNC(CN1CCC(N(C)C)C1)C1CCCCC1. The molecule has 0 aromatic rings. The van der Waals surface area contributed by atoms with Crippen LogP contribution in [0.5, 0.6) is 0 Å². The van der Waals surface area contributed by atoms with E-state index in [1.807, 2.05) is 0 Å². The lowest BCUT2D eigenvalue weighted by Crippen LogP contribution is -2.44. The monoisotopic (exact) mass is 253 g/mol. The average Bonchev–Trinajstić information content (AvgIpc) is 2.86. The Labute approximate surface area is 113 Å². The zero-order chi connectivity index (χ0) is 13.0. The van der Waals surface area contributed by atoms with Gasteiger partial charge in [-0.15, -0.1) is 0 Å². The lowest BCUT2D eigenvalue weighted by Gasteiger charge is -2.33. The fraction of sp³-hybridized carbons (Fsp3) is 1.00. The summed E-state index contributed by atoms with van der Waals surface area (Å²) in [6.45, 7) is 3.80. The van der Waals surface area contributed by atoms with Gasteiger partial charge in [0.05, 0.1) is 0 Å². The maximum absolute atomic E-state index is 3.59. The van der Waals surface area contributed by atoms with Gasteiger partial charge >= 0.3 is 0 Å². The molecule has 0 aromatic heterocycles. The Balaban J connectivity index is 1.79. The molecule has 2 fully saturated rings. The van der Waals surface area contributed by atoms with Crippen molar-refractivity contribution in [3.63, 3.8) is 0 Å². The van der Waals surface area contributed by atoms with E-state index >= 15 is 0 Å². The minimum atomic E-state index is 0.714. The molecule has 3 nitrogen and oxygen atoms in total. The molecule has 1 heterocycles. The first-order valence-electron chi connectivity index (χ1n) is 7.76. The molecule has 2 rings (SSSR count). The van der Waals surface area contributed by atoms with Crippen LogP contribution in [0.15, 0.2) is 0 Å². The molecule has 1 saturated heterocycles. The summed E-state index contributed by atoms with van der Waals surface area (Å²) in [6.07, 6.45) is 8.58. The third kappa shape index (κ3) is 3.69. The van der Waals surface area contributed by atoms with E-state index in [0.717, 1.165) is 12.0 Å². The predicted molar refractivity (Wildman–Crippen MR) is 78.0 cm³/mol. The molecule has 3 heteroatoms. The van der Waals surface area contributed by atoms with Crippen molar-refractivity contribution in [1.82, 2.24) is 15.1 Å². The highest BCUT2D eigenvalue weighted by atomic mass is 15.2. The molecule has 1 N–H and O–H groups in total. The molecule has 1 aliphatic carbocycles. The van der Waals surface area contributed by atoms with Gasteiger partial charge in [-0.3, -0.25) is 0 Å². The van der Waals surface area contributed by atoms with Crippen LogP contribution in [0, 0.1) is 5.92 Å². The summed E-state index contributed by atoms with van der Waals surface area (Å²) in [5.74, 6) is 0.919. The molecule has 2 aliphatic rings. The Morgan fingerprint density at radius 2 is 1.89 bits per heavy atom. The van der Waals surface area contributed by atoms with Crippen molar-refractivity contribution in [2.45, 2.75) is 50.6 Å². The average molecular weight is 253 g/mol. The first-order chi connectivity index (χ1) is 8.70. The lowest BCUT2D eigenvalue weighted by atomic mass is 9.83. The van der Waals surface area contributed by atoms with Crippen LogP contribution >= 0.6 is 0 Å². The van der Waals surface area contributed by atoms with Gasteiger partial charge in [0.25, 0.3) is 0 Å². The van der Waals surface area contributed by atoms with Crippen LogP contribution in [-0.4, -0.2) is 62.7 Å². The third-order valence-corrected chi connectivity index (χ3v) is 5.02. The maximum Gasteiger partial charge on any atom is 0.0229 e. The Kier molecular flexibility index (Phi) is 5.46. The number of nitrogens with zero attached hydrogens (tertiary/aromatic N) is 2. The second kappa shape index (κ2) is 6.88. The van der Waals surface area contributed by atoms with Crippen LogP contribution in [0.2, 0.25) is 0 Å². The summed E-state index contributed by atoms with van der Waals surface area (Å²) in [7, 11) is 6.58. The first kappa shape index (κ1) is 14.3. The summed E-state index contributed by atoms with van der Waals surface area (Å²) in [4.78, 5) is 5.05. The maximum atomic E-state index is 3.59. The van der Waals surface area contributed by atoms with E-state index in [0.29, 0.717) is 6.04 Å². The Morgan fingerprint density at radius 1 is 1.17 bits per heavy atom. The first-order valence-corrected chi connectivity index (χ1v) is 7.76. The summed E-state index contributed by atoms with van der Waals surface area (Å²) >= 11 is 0. The van der Waals surface area contributed by atoms with Crippen LogP contribution in [0.25, 0.3) is 0 Å². The summed E-state index contributed by atoms with van der Waals surface area (Å²) in [5.41, 5.74) is 0. The molecule has 0 amide bonds. The molecule has 2 unspecified atom stereocenters. The second-order valence-electron chi connectivity index (χ2n) is 6.46. The molecule has 0 spiro atoms. The molecule has 0 bridgehead atoms. The molecule has 1 saturated carbocycles. The quantitative estimate of drug-likeness (QED) is 0.806. The zero-order valence-electron chi connectivity index (χ0n) is 12.5. The van der Waals surface area contributed by atoms with Crippen LogP contribution in [0.3, 0.4) is 0 Å². The van der Waals surface area contributed by atoms with Gasteiger partial charge in [0.15, 0.2) is 0 Å². The van der Waals surface area contributed by atoms with E-state index in [2.05, 4.69) is 36.3 Å². The fourth-order valence-corrected chi connectivity index (χ4v) is 3.69. The van der Waals surface area contributed by atoms with Gasteiger partial charge in [-0.25, -0.2) is 0 Å². The highest BCUT2D eigenvalue weighted by Crippen LogP contribution is 2.27. The van der Waals surface area contributed by atoms with E-state index in [9.17, 15) is 0 Å². The van der Waals surface area contributed by atoms with E-state index in [4.69, 9.17) is 0 Å². The zero-order valence-corrected chi connectivity index (χ0v) is 12.5. The minimum absolute atomic E-state index is 0.714. The van der Waals surface area contributed by atoms with Crippen LogP contribution in [0.1, 0.15) is 38.5 Å².